The molecule has 1 radical (unpaired) electrons. The van der Waals surface area contributed by atoms with E-state index >= 15 is 0 Å². The molecule has 1 aromatic rings. The SMILES string of the molecule is C[C](CN)c1ccccc1. The Hall–Kier alpha value is -0.820. The molecule has 0 atom stereocenters. The third-order valence-corrected chi connectivity index (χ3v) is 1.57. The minimum Gasteiger partial charge on any atom is -0.330 e. The lowest BCUT2D eigenvalue weighted by Crippen LogP contribution is -2.09. The summed E-state index contributed by atoms with van der Waals surface area (Å²) in [5.74, 6) is 1.24. The van der Waals surface area contributed by atoms with Crippen molar-refractivity contribution in [2.75, 3.05) is 6.54 Å². The van der Waals surface area contributed by atoms with Gasteiger partial charge in [-0.2, -0.15) is 0 Å². The quantitative estimate of drug-likeness (QED) is 0.653. The second kappa shape index (κ2) is 3.37. The van der Waals surface area contributed by atoms with Gasteiger partial charge in [0.25, 0.3) is 0 Å². The molecule has 1 heteroatoms. The van der Waals surface area contributed by atoms with Crippen LogP contribution in [0, 0.1) is 5.92 Å². The van der Waals surface area contributed by atoms with E-state index in [2.05, 4.69) is 19.1 Å². The summed E-state index contributed by atoms with van der Waals surface area (Å²) in [6.07, 6.45) is 0. The monoisotopic (exact) mass is 134 g/mol. The van der Waals surface area contributed by atoms with E-state index in [1.807, 2.05) is 18.2 Å². The van der Waals surface area contributed by atoms with Crippen LogP contribution in [0.25, 0.3) is 0 Å². The van der Waals surface area contributed by atoms with Crippen LogP contribution in [0.4, 0.5) is 0 Å². The predicted octanol–water partition coefficient (Wildman–Crippen LogP) is 1.59. The Kier molecular flexibility index (Phi) is 2.46. The summed E-state index contributed by atoms with van der Waals surface area (Å²) in [5, 5.41) is 0. The zero-order valence-corrected chi connectivity index (χ0v) is 6.17. The second-order valence-corrected chi connectivity index (χ2v) is 2.35. The van der Waals surface area contributed by atoms with Crippen molar-refractivity contribution in [1.82, 2.24) is 0 Å². The minimum absolute atomic E-state index is 0.643. The van der Waals surface area contributed by atoms with Crippen molar-refractivity contribution < 1.29 is 0 Å². The average molecular weight is 134 g/mol. The number of benzene rings is 1. The summed E-state index contributed by atoms with van der Waals surface area (Å²) >= 11 is 0. The van der Waals surface area contributed by atoms with Gasteiger partial charge >= 0.3 is 0 Å². The van der Waals surface area contributed by atoms with Crippen molar-refractivity contribution in [3.8, 4) is 0 Å². The van der Waals surface area contributed by atoms with Gasteiger partial charge in [0.15, 0.2) is 0 Å². The Balaban J connectivity index is 2.75. The Morgan fingerprint density at radius 1 is 1.30 bits per heavy atom. The molecule has 0 bridgehead atoms. The summed E-state index contributed by atoms with van der Waals surface area (Å²) in [6, 6.07) is 10.2. The Morgan fingerprint density at radius 3 is 2.40 bits per heavy atom. The fourth-order valence-electron chi connectivity index (χ4n) is 0.841. The molecule has 0 unspecified atom stereocenters. The minimum atomic E-state index is 0.643. The molecule has 0 aliphatic heterocycles. The van der Waals surface area contributed by atoms with E-state index in [4.69, 9.17) is 5.73 Å². The van der Waals surface area contributed by atoms with Crippen LogP contribution in [0.15, 0.2) is 30.3 Å². The van der Waals surface area contributed by atoms with Crippen molar-refractivity contribution in [3.05, 3.63) is 41.8 Å². The molecule has 0 heterocycles. The van der Waals surface area contributed by atoms with Gasteiger partial charge in [-0.3, -0.25) is 0 Å². The Morgan fingerprint density at radius 2 is 1.90 bits per heavy atom. The van der Waals surface area contributed by atoms with Gasteiger partial charge in [0.05, 0.1) is 0 Å². The molecule has 0 fully saturated rings. The fraction of sp³-hybridized carbons (Fsp3) is 0.222. The van der Waals surface area contributed by atoms with Crippen molar-refractivity contribution in [1.29, 1.82) is 0 Å². The van der Waals surface area contributed by atoms with Crippen LogP contribution < -0.4 is 5.73 Å². The summed E-state index contributed by atoms with van der Waals surface area (Å²) < 4.78 is 0. The van der Waals surface area contributed by atoms with E-state index in [1.165, 1.54) is 11.5 Å². The Bertz CT molecular complexity index is 181. The highest BCUT2D eigenvalue weighted by Crippen LogP contribution is 2.10. The van der Waals surface area contributed by atoms with Crippen LogP contribution in [0.3, 0.4) is 0 Å². The summed E-state index contributed by atoms with van der Waals surface area (Å²) in [4.78, 5) is 0. The summed E-state index contributed by atoms with van der Waals surface area (Å²) in [5.41, 5.74) is 6.71. The highest BCUT2D eigenvalue weighted by atomic mass is 14.5. The average Bonchev–Trinajstić information content (AvgIpc) is 2.05. The van der Waals surface area contributed by atoms with Crippen LogP contribution in [-0.2, 0) is 0 Å². The maximum atomic E-state index is 5.47. The maximum Gasteiger partial charge on any atom is 0.0153 e. The normalized spacial score (nSPS) is 10.3. The highest BCUT2D eigenvalue weighted by molar-refractivity contribution is 5.29. The first kappa shape index (κ1) is 7.29. The lowest BCUT2D eigenvalue weighted by atomic mass is 10.0. The molecule has 0 aromatic heterocycles. The maximum absolute atomic E-state index is 5.47. The van der Waals surface area contributed by atoms with Crippen LogP contribution in [0.1, 0.15) is 12.5 Å². The molecular formula is C9H12N. The van der Waals surface area contributed by atoms with Crippen molar-refractivity contribution >= 4 is 0 Å². The van der Waals surface area contributed by atoms with E-state index < -0.39 is 0 Å². The van der Waals surface area contributed by atoms with Crippen molar-refractivity contribution in [2.24, 2.45) is 5.73 Å². The number of hydrogen-bond donors (Lipinski definition) is 1. The van der Waals surface area contributed by atoms with E-state index in [-0.39, 0.29) is 0 Å². The van der Waals surface area contributed by atoms with Crippen molar-refractivity contribution in [2.45, 2.75) is 6.92 Å². The van der Waals surface area contributed by atoms with E-state index in [1.54, 1.807) is 0 Å². The largest absolute Gasteiger partial charge is 0.330 e. The van der Waals surface area contributed by atoms with Gasteiger partial charge in [0.1, 0.15) is 0 Å². The molecule has 1 nitrogen and oxygen atoms in total. The molecule has 0 amide bonds. The standard InChI is InChI=1S/C9H12N/c1-8(7-10)9-5-3-2-4-6-9/h2-6H,7,10H2,1H3. The van der Waals surface area contributed by atoms with Crippen molar-refractivity contribution in [3.63, 3.8) is 0 Å². The summed E-state index contributed by atoms with van der Waals surface area (Å²) in [7, 11) is 0. The van der Waals surface area contributed by atoms with Crippen LogP contribution in [0.5, 0.6) is 0 Å². The zero-order chi connectivity index (χ0) is 7.40. The van der Waals surface area contributed by atoms with Crippen LogP contribution >= 0.6 is 0 Å². The van der Waals surface area contributed by atoms with Gasteiger partial charge < -0.3 is 5.73 Å². The van der Waals surface area contributed by atoms with E-state index in [9.17, 15) is 0 Å². The van der Waals surface area contributed by atoms with Gasteiger partial charge in [-0.05, 0) is 5.56 Å². The molecule has 53 valence electrons. The molecule has 0 aliphatic carbocycles. The van der Waals surface area contributed by atoms with E-state index in [0.29, 0.717) is 6.54 Å². The molecule has 0 saturated heterocycles. The lowest BCUT2D eigenvalue weighted by molar-refractivity contribution is 0.999. The first-order valence-corrected chi connectivity index (χ1v) is 3.42. The molecule has 2 N–H and O–H groups in total. The smallest absolute Gasteiger partial charge is 0.0153 e. The van der Waals surface area contributed by atoms with Crippen LogP contribution in [-0.4, -0.2) is 6.54 Å². The molecule has 10 heavy (non-hydrogen) atoms. The Labute approximate surface area is 61.9 Å². The second-order valence-electron chi connectivity index (χ2n) is 2.35. The number of hydrogen-bond acceptors (Lipinski definition) is 1. The number of rotatable bonds is 2. The number of nitrogens with two attached hydrogens (primary N) is 1. The highest BCUT2D eigenvalue weighted by Gasteiger charge is 2.00. The molecule has 0 aliphatic rings. The van der Waals surface area contributed by atoms with Gasteiger partial charge in [0.2, 0.25) is 0 Å². The van der Waals surface area contributed by atoms with Gasteiger partial charge in [0, 0.05) is 12.5 Å². The zero-order valence-electron chi connectivity index (χ0n) is 6.17. The summed E-state index contributed by atoms with van der Waals surface area (Å²) in [6.45, 7) is 2.69. The van der Waals surface area contributed by atoms with E-state index in [0.717, 1.165) is 0 Å². The molecular weight excluding hydrogens is 122 g/mol. The molecule has 0 spiro atoms. The van der Waals surface area contributed by atoms with Gasteiger partial charge in [-0.1, -0.05) is 37.3 Å². The topological polar surface area (TPSA) is 26.0 Å². The van der Waals surface area contributed by atoms with Crippen LogP contribution in [0.2, 0.25) is 0 Å². The first-order valence-electron chi connectivity index (χ1n) is 3.42. The third kappa shape index (κ3) is 1.58. The van der Waals surface area contributed by atoms with Gasteiger partial charge in [-0.15, -0.1) is 0 Å². The first-order chi connectivity index (χ1) is 4.84. The third-order valence-electron chi connectivity index (χ3n) is 1.57. The molecule has 0 saturated carbocycles. The predicted molar refractivity (Wildman–Crippen MR) is 43.5 cm³/mol. The fourth-order valence-corrected chi connectivity index (χ4v) is 0.841. The molecule has 1 rings (SSSR count). The molecule has 1 aromatic carbocycles. The lowest BCUT2D eigenvalue weighted by Gasteiger charge is -2.05. The van der Waals surface area contributed by atoms with Gasteiger partial charge in [-0.25, -0.2) is 0 Å².